The lowest BCUT2D eigenvalue weighted by Gasteiger charge is -2.17. The molecule has 1 N–H and O–H groups in total. The zero-order chi connectivity index (χ0) is 12.7. The van der Waals surface area contributed by atoms with Gasteiger partial charge in [-0.3, -0.25) is 9.69 Å². The second-order valence-corrected chi connectivity index (χ2v) is 4.24. The average Bonchev–Trinajstić information content (AvgIpc) is 2.35. The van der Waals surface area contributed by atoms with Gasteiger partial charge in [0.1, 0.15) is 0 Å². The molecule has 1 rings (SSSR count). The number of halogens is 2. The molecule has 18 heavy (non-hydrogen) atoms. The first-order chi connectivity index (χ1) is 8.17. The van der Waals surface area contributed by atoms with Gasteiger partial charge in [0.25, 0.3) is 0 Å². The molecule has 0 aliphatic rings. The molecule has 1 aromatic rings. The van der Waals surface area contributed by atoms with E-state index in [1.165, 1.54) is 0 Å². The average molecular weight is 291 g/mol. The fourth-order valence-electron chi connectivity index (χ4n) is 1.54. The van der Waals surface area contributed by atoms with Crippen molar-refractivity contribution in [2.45, 2.75) is 20.4 Å². The minimum Gasteiger partial charge on any atom is -0.351 e. The van der Waals surface area contributed by atoms with Crippen LogP contribution in [0.3, 0.4) is 0 Å². The van der Waals surface area contributed by atoms with Gasteiger partial charge in [0.05, 0.1) is 6.54 Å². The molecule has 3 nitrogen and oxygen atoms in total. The first-order valence-corrected chi connectivity index (χ1v) is 6.27. The van der Waals surface area contributed by atoms with Crippen LogP contribution < -0.4 is 5.32 Å². The van der Waals surface area contributed by atoms with E-state index in [-0.39, 0.29) is 18.3 Å². The van der Waals surface area contributed by atoms with E-state index in [1.807, 2.05) is 38.1 Å². The Kier molecular flexibility index (Phi) is 8.81. The lowest BCUT2D eigenvalue weighted by molar-refractivity contribution is -0.122. The third-order valence-electron chi connectivity index (χ3n) is 2.70. The number of hydrogen-bond acceptors (Lipinski definition) is 2. The number of nitrogens with one attached hydrogen (secondary N) is 1. The summed E-state index contributed by atoms with van der Waals surface area (Å²) >= 11 is 6.01. The van der Waals surface area contributed by atoms with Crippen molar-refractivity contribution in [1.82, 2.24) is 10.2 Å². The summed E-state index contributed by atoms with van der Waals surface area (Å²) in [5.74, 6) is 0.0358. The van der Waals surface area contributed by atoms with Crippen LogP contribution in [0, 0.1) is 0 Å². The molecule has 0 spiro atoms. The van der Waals surface area contributed by atoms with Gasteiger partial charge in [-0.25, -0.2) is 0 Å². The molecule has 0 aliphatic heterocycles. The smallest absolute Gasteiger partial charge is 0.234 e. The highest BCUT2D eigenvalue weighted by Crippen LogP contribution is 2.14. The van der Waals surface area contributed by atoms with Gasteiger partial charge >= 0.3 is 0 Å². The van der Waals surface area contributed by atoms with Gasteiger partial charge < -0.3 is 5.32 Å². The highest BCUT2D eigenvalue weighted by Gasteiger charge is 2.07. The Morgan fingerprint density at radius 2 is 1.89 bits per heavy atom. The highest BCUT2D eigenvalue weighted by atomic mass is 35.5. The normalized spacial score (nSPS) is 10.0. The molecular formula is C13H20Cl2N2O. The molecule has 1 amide bonds. The van der Waals surface area contributed by atoms with Gasteiger partial charge in [-0.05, 0) is 24.7 Å². The van der Waals surface area contributed by atoms with Gasteiger partial charge in [0, 0.05) is 11.6 Å². The van der Waals surface area contributed by atoms with Gasteiger partial charge in [0.2, 0.25) is 5.91 Å². The van der Waals surface area contributed by atoms with Crippen LogP contribution in [-0.4, -0.2) is 30.4 Å². The fraction of sp³-hybridized carbons (Fsp3) is 0.462. The lowest BCUT2D eigenvalue weighted by Crippen LogP contribution is -2.36. The molecular weight excluding hydrogens is 271 g/mol. The van der Waals surface area contributed by atoms with Crippen LogP contribution in [0.15, 0.2) is 24.3 Å². The van der Waals surface area contributed by atoms with Crippen molar-refractivity contribution < 1.29 is 4.79 Å². The summed E-state index contributed by atoms with van der Waals surface area (Å²) in [4.78, 5) is 13.7. The molecule has 0 heterocycles. The van der Waals surface area contributed by atoms with E-state index in [4.69, 9.17) is 11.6 Å². The molecule has 0 saturated heterocycles. The minimum atomic E-state index is 0. The number of likely N-dealkylation sites (N-methyl/N-ethyl adjacent to an activating group) is 1. The molecule has 0 bridgehead atoms. The number of amides is 1. The number of carbonyl (C=O) groups is 1. The van der Waals surface area contributed by atoms with E-state index >= 15 is 0 Å². The molecule has 0 aromatic heterocycles. The molecule has 0 atom stereocenters. The zero-order valence-electron chi connectivity index (χ0n) is 10.8. The van der Waals surface area contributed by atoms with Crippen LogP contribution in [0.5, 0.6) is 0 Å². The predicted octanol–water partition coefficient (Wildman–Crippen LogP) is 2.72. The standard InChI is InChI=1S/C13H19ClN2O.ClH/c1-3-16(4-2)10-13(17)15-9-11-7-5-6-8-12(11)14;/h5-8H,3-4,9-10H2,1-2H3,(H,15,17);1H. The van der Waals surface area contributed by atoms with Crippen molar-refractivity contribution in [1.29, 1.82) is 0 Å². The van der Waals surface area contributed by atoms with Gasteiger partial charge in [0.15, 0.2) is 0 Å². The molecule has 0 aliphatic carbocycles. The Balaban J connectivity index is 0.00000289. The van der Waals surface area contributed by atoms with Crippen molar-refractivity contribution in [3.8, 4) is 0 Å². The summed E-state index contributed by atoms with van der Waals surface area (Å²) < 4.78 is 0. The lowest BCUT2D eigenvalue weighted by atomic mass is 10.2. The van der Waals surface area contributed by atoms with Gasteiger partial charge in [-0.15, -0.1) is 12.4 Å². The topological polar surface area (TPSA) is 32.3 Å². The van der Waals surface area contributed by atoms with E-state index in [0.717, 1.165) is 18.7 Å². The Morgan fingerprint density at radius 1 is 1.28 bits per heavy atom. The number of hydrogen-bond donors (Lipinski definition) is 1. The van der Waals surface area contributed by atoms with Crippen LogP contribution >= 0.6 is 24.0 Å². The summed E-state index contributed by atoms with van der Waals surface area (Å²) in [5.41, 5.74) is 0.946. The van der Waals surface area contributed by atoms with E-state index in [2.05, 4.69) is 10.2 Å². The van der Waals surface area contributed by atoms with Crippen molar-refractivity contribution in [2.75, 3.05) is 19.6 Å². The van der Waals surface area contributed by atoms with Crippen molar-refractivity contribution in [3.63, 3.8) is 0 Å². The minimum absolute atomic E-state index is 0. The predicted molar refractivity (Wildman–Crippen MR) is 78.3 cm³/mol. The largest absolute Gasteiger partial charge is 0.351 e. The van der Waals surface area contributed by atoms with Gasteiger partial charge in [-0.2, -0.15) is 0 Å². The first-order valence-electron chi connectivity index (χ1n) is 5.89. The van der Waals surface area contributed by atoms with Crippen LogP contribution in [-0.2, 0) is 11.3 Å². The molecule has 102 valence electrons. The van der Waals surface area contributed by atoms with Crippen molar-refractivity contribution in [2.24, 2.45) is 0 Å². The highest BCUT2D eigenvalue weighted by molar-refractivity contribution is 6.31. The maximum atomic E-state index is 11.7. The summed E-state index contributed by atoms with van der Waals surface area (Å²) in [6.45, 7) is 6.79. The van der Waals surface area contributed by atoms with E-state index < -0.39 is 0 Å². The van der Waals surface area contributed by atoms with Crippen LogP contribution in [0.2, 0.25) is 5.02 Å². The van der Waals surface area contributed by atoms with Crippen LogP contribution in [0.25, 0.3) is 0 Å². The van der Waals surface area contributed by atoms with Crippen LogP contribution in [0.4, 0.5) is 0 Å². The monoisotopic (exact) mass is 290 g/mol. The SMILES string of the molecule is CCN(CC)CC(=O)NCc1ccccc1Cl.Cl. The molecule has 0 fully saturated rings. The number of carbonyl (C=O) groups excluding carboxylic acids is 1. The van der Waals surface area contributed by atoms with E-state index in [1.54, 1.807) is 0 Å². The quantitative estimate of drug-likeness (QED) is 0.874. The molecule has 0 radical (unpaired) electrons. The Morgan fingerprint density at radius 3 is 2.44 bits per heavy atom. The summed E-state index contributed by atoms with van der Waals surface area (Å²) in [7, 11) is 0. The third-order valence-corrected chi connectivity index (χ3v) is 3.06. The van der Waals surface area contributed by atoms with Crippen molar-refractivity contribution >= 4 is 29.9 Å². The first kappa shape index (κ1) is 17.2. The third kappa shape index (κ3) is 5.71. The maximum Gasteiger partial charge on any atom is 0.234 e. The van der Waals surface area contributed by atoms with E-state index in [9.17, 15) is 4.79 Å². The maximum absolute atomic E-state index is 11.7. The molecule has 0 saturated carbocycles. The van der Waals surface area contributed by atoms with Crippen molar-refractivity contribution in [3.05, 3.63) is 34.9 Å². The second-order valence-electron chi connectivity index (χ2n) is 3.83. The Labute approximate surface area is 120 Å². The fourth-order valence-corrected chi connectivity index (χ4v) is 1.74. The molecule has 0 unspecified atom stereocenters. The number of nitrogens with zero attached hydrogens (tertiary/aromatic N) is 1. The Bertz CT molecular complexity index is 368. The van der Waals surface area contributed by atoms with E-state index in [0.29, 0.717) is 18.1 Å². The second kappa shape index (κ2) is 9.20. The van der Waals surface area contributed by atoms with Crippen LogP contribution in [0.1, 0.15) is 19.4 Å². The van der Waals surface area contributed by atoms with Gasteiger partial charge in [-0.1, -0.05) is 43.6 Å². The Hall–Kier alpha value is -0.770. The summed E-state index contributed by atoms with van der Waals surface area (Å²) in [6.07, 6.45) is 0. The molecule has 1 aromatic carbocycles. The number of rotatable bonds is 6. The summed E-state index contributed by atoms with van der Waals surface area (Å²) in [6, 6.07) is 7.54. The molecule has 5 heteroatoms. The summed E-state index contributed by atoms with van der Waals surface area (Å²) in [5, 5.41) is 3.56. The number of benzene rings is 1. The zero-order valence-corrected chi connectivity index (χ0v) is 12.4.